The summed E-state index contributed by atoms with van der Waals surface area (Å²) in [4.78, 5) is 35.6. The predicted molar refractivity (Wildman–Crippen MR) is 88.0 cm³/mol. The molecule has 0 bridgehead atoms. The van der Waals surface area contributed by atoms with Crippen LogP contribution in [0.5, 0.6) is 0 Å². The van der Waals surface area contributed by atoms with E-state index in [-0.39, 0.29) is 11.8 Å². The van der Waals surface area contributed by atoms with Crippen LogP contribution in [-0.4, -0.2) is 57.8 Å². The highest BCUT2D eigenvalue weighted by Crippen LogP contribution is 2.15. The monoisotopic (exact) mass is 314 g/mol. The van der Waals surface area contributed by atoms with E-state index < -0.39 is 0 Å². The number of H-pyrrole nitrogens is 1. The Balaban J connectivity index is 1.62. The molecule has 1 fully saturated rings. The summed E-state index contributed by atoms with van der Waals surface area (Å²) in [5.74, 6) is 0.562. The van der Waals surface area contributed by atoms with Crippen LogP contribution in [0.15, 0.2) is 24.5 Å². The quantitative estimate of drug-likeness (QED) is 0.940. The maximum absolute atomic E-state index is 12.6. The first kappa shape index (κ1) is 15.5. The molecule has 0 saturated carbocycles. The lowest BCUT2D eigenvalue weighted by Crippen LogP contribution is -2.50. The molecular formula is C17H22N4O2. The number of hydrogen-bond donors (Lipinski definition) is 1. The van der Waals surface area contributed by atoms with Gasteiger partial charge in [0.05, 0.1) is 17.4 Å². The van der Waals surface area contributed by atoms with Gasteiger partial charge in [-0.2, -0.15) is 0 Å². The lowest BCUT2D eigenvalue weighted by Gasteiger charge is -2.35. The average Bonchev–Trinajstić information content (AvgIpc) is 3.01. The molecule has 1 saturated heterocycles. The normalized spacial score (nSPS) is 15.4. The number of fused-ring (bicyclic) bond motifs is 1. The Labute approximate surface area is 135 Å². The third-order valence-corrected chi connectivity index (χ3v) is 4.17. The number of carbonyl (C=O) groups is 2. The second-order valence-corrected chi connectivity index (χ2v) is 6.41. The minimum absolute atomic E-state index is 0.0115. The van der Waals surface area contributed by atoms with Gasteiger partial charge in [-0.25, -0.2) is 4.98 Å². The van der Waals surface area contributed by atoms with Gasteiger partial charge in [0.2, 0.25) is 5.91 Å². The molecule has 1 N–H and O–H groups in total. The molecule has 0 spiro atoms. The van der Waals surface area contributed by atoms with Crippen molar-refractivity contribution in [2.24, 2.45) is 5.92 Å². The summed E-state index contributed by atoms with van der Waals surface area (Å²) in [5.41, 5.74) is 2.37. The van der Waals surface area contributed by atoms with Crippen LogP contribution in [0, 0.1) is 5.92 Å². The lowest BCUT2D eigenvalue weighted by molar-refractivity contribution is -0.133. The van der Waals surface area contributed by atoms with Gasteiger partial charge in [0, 0.05) is 38.2 Å². The number of piperazine rings is 1. The van der Waals surface area contributed by atoms with Gasteiger partial charge >= 0.3 is 0 Å². The number of rotatable bonds is 3. The van der Waals surface area contributed by atoms with Crippen LogP contribution >= 0.6 is 0 Å². The number of nitrogens with one attached hydrogen (secondary N) is 1. The molecule has 23 heavy (non-hydrogen) atoms. The zero-order valence-electron chi connectivity index (χ0n) is 13.6. The maximum Gasteiger partial charge on any atom is 0.254 e. The van der Waals surface area contributed by atoms with E-state index in [0.717, 1.165) is 11.0 Å². The van der Waals surface area contributed by atoms with Gasteiger partial charge < -0.3 is 14.8 Å². The Kier molecular flexibility index (Phi) is 4.32. The van der Waals surface area contributed by atoms with Crippen LogP contribution in [-0.2, 0) is 4.79 Å². The predicted octanol–water partition coefficient (Wildman–Crippen LogP) is 1.89. The highest BCUT2D eigenvalue weighted by atomic mass is 16.2. The van der Waals surface area contributed by atoms with E-state index >= 15 is 0 Å². The SMILES string of the molecule is CC(C)CC(=O)N1CCN(C(=O)c2ccc3nc[nH]c3c2)CC1. The van der Waals surface area contributed by atoms with Crippen molar-refractivity contribution in [1.29, 1.82) is 0 Å². The van der Waals surface area contributed by atoms with Crippen molar-refractivity contribution in [3.63, 3.8) is 0 Å². The standard InChI is InChI=1S/C17H22N4O2/c1-12(2)9-16(22)20-5-7-21(8-6-20)17(23)13-3-4-14-15(10-13)19-11-18-14/h3-4,10-12H,5-9H2,1-2H3,(H,18,19). The molecule has 122 valence electrons. The van der Waals surface area contributed by atoms with Crippen LogP contribution in [0.1, 0.15) is 30.6 Å². The Morgan fingerprint density at radius 3 is 2.57 bits per heavy atom. The van der Waals surface area contributed by atoms with Crippen LogP contribution in [0.2, 0.25) is 0 Å². The minimum Gasteiger partial charge on any atom is -0.345 e. The molecular weight excluding hydrogens is 292 g/mol. The molecule has 6 heteroatoms. The molecule has 1 aliphatic heterocycles. The number of amides is 2. The Hall–Kier alpha value is -2.37. The number of nitrogens with zero attached hydrogens (tertiary/aromatic N) is 3. The number of carbonyl (C=O) groups excluding carboxylic acids is 2. The number of aromatic amines is 1. The largest absolute Gasteiger partial charge is 0.345 e. The second kappa shape index (κ2) is 6.40. The Morgan fingerprint density at radius 1 is 1.17 bits per heavy atom. The first-order valence-electron chi connectivity index (χ1n) is 8.05. The van der Waals surface area contributed by atoms with Gasteiger partial charge in [0.15, 0.2) is 0 Å². The summed E-state index contributed by atoms with van der Waals surface area (Å²) in [6.45, 7) is 6.49. The number of hydrogen-bond acceptors (Lipinski definition) is 3. The van der Waals surface area contributed by atoms with Crippen molar-refractivity contribution in [2.75, 3.05) is 26.2 Å². The molecule has 2 amide bonds. The van der Waals surface area contributed by atoms with Gasteiger partial charge in [-0.1, -0.05) is 13.8 Å². The third-order valence-electron chi connectivity index (χ3n) is 4.17. The molecule has 6 nitrogen and oxygen atoms in total. The summed E-state index contributed by atoms with van der Waals surface area (Å²) in [6, 6.07) is 5.49. The second-order valence-electron chi connectivity index (χ2n) is 6.41. The first-order chi connectivity index (χ1) is 11.0. The maximum atomic E-state index is 12.6. The number of benzene rings is 1. The lowest BCUT2D eigenvalue weighted by atomic mass is 10.1. The Morgan fingerprint density at radius 2 is 1.87 bits per heavy atom. The molecule has 3 rings (SSSR count). The van der Waals surface area contributed by atoms with Gasteiger partial charge in [-0.3, -0.25) is 9.59 Å². The molecule has 2 aromatic rings. The zero-order chi connectivity index (χ0) is 16.4. The molecule has 2 heterocycles. The van der Waals surface area contributed by atoms with Gasteiger partial charge in [0.1, 0.15) is 0 Å². The van der Waals surface area contributed by atoms with Crippen LogP contribution < -0.4 is 0 Å². The molecule has 0 radical (unpaired) electrons. The Bertz CT molecular complexity index is 714. The summed E-state index contributed by atoms with van der Waals surface area (Å²) in [6.07, 6.45) is 2.20. The minimum atomic E-state index is 0.0115. The van der Waals surface area contributed by atoms with Crippen LogP contribution in [0.3, 0.4) is 0 Å². The van der Waals surface area contributed by atoms with Gasteiger partial charge in [0.25, 0.3) is 5.91 Å². The topological polar surface area (TPSA) is 69.3 Å². The fourth-order valence-corrected chi connectivity index (χ4v) is 2.89. The molecule has 0 unspecified atom stereocenters. The van der Waals surface area contributed by atoms with E-state index in [2.05, 4.69) is 9.97 Å². The van der Waals surface area contributed by atoms with E-state index in [1.807, 2.05) is 41.8 Å². The number of aromatic nitrogens is 2. The van der Waals surface area contributed by atoms with E-state index in [4.69, 9.17) is 0 Å². The third kappa shape index (κ3) is 3.36. The first-order valence-corrected chi connectivity index (χ1v) is 8.05. The zero-order valence-corrected chi connectivity index (χ0v) is 13.6. The fourth-order valence-electron chi connectivity index (χ4n) is 2.89. The fraction of sp³-hybridized carbons (Fsp3) is 0.471. The van der Waals surface area contributed by atoms with E-state index in [1.165, 1.54) is 0 Å². The summed E-state index contributed by atoms with van der Waals surface area (Å²) in [7, 11) is 0. The highest BCUT2D eigenvalue weighted by Gasteiger charge is 2.25. The van der Waals surface area contributed by atoms with Gasteiger partial charge in [-0.15, -0.1) is 0 Å². The van der Waals surface area contributed by atoms with E-state index in [1.54, 1.807) is 6.33 Å². The molecule has 1 aromatic carbocycles. The van der Waals surface area contributed by atoms with Crippen LogP contribution in [0.25, 0.3) is 11.0 Å². The van der Waals surface area contributed by atoms with E-state index in [9.17, 15) is 9.59 Å². The van der Waals surface area contributed by atoms with E-state index in [0.29, 0.717) is 44.1 Å². The van der Waals surface area contributed by atoms with Crippen molar-refractivity contribution in [3.05, 3.63) is 30.1 Å². The summed E-state index contributed by atoms with van der Waals surface area (Å²) >= 11 is 0. The van der Waals surface area contributed by atoms with Gasteiger partial charge in [-0.05, 0) is 24.1 Å². The summed E-state index contributed by atoms with van der Waals surface area (Å²) < 4.78 is 0. The average molecular weight is 314 g/mol. The van der Waals surface area contributed by atoms with Crippen molar-refractivity contribution < 1.29 is 9.59 Å². The molecule has 0 atom stereocenters. The molecule has 1 aliphatic rings. The van der Waals surface area contributed by atoms with Crippen LogP contribution in [0.4, 0.5) is 0 Å². The van der Waals surface area contributed by atoms with Crippen molar-refractivity contribution in [2.45, 2.75) is 20.3 Å². The summed E-state index contributed by atoms with van der Waals surface area (Å²) in [5, 5.41) is 0. The van der Waals surface area contributed by atoms with Crippen molar-refractivity contribution in [1.82, 2.24) is 19.8 Å². The smallest absolute Gasteiger partial charge is 0.254 e. The highest BCUT2D eigenvalue weighted by molar-refractivity contribution is 5.97. The molecule has 0 aliphatic carbocycles. The number of imidazole rings is 1. The van der Waals surface area contributed by atoms with Crippen molar-refractivity contribution in [3.8, 4) is 0 Å². The van der Waals surface area contributed by atoms with Crippen molar-refractivity contribution >= 4 is 22.8 Å². The molecule has 1 aromatic heterocycles.